The molecule has 1 unspecified atom stereocenters. The number of likely N-dealkylation sites (tertiary alicyclic amines) is 1. The summed E-state index contributed by atoms with van der Waals surface area (Å²) in [6.45, 7) is 0.854. The van der Waals surface area contributed by atoms with E-state index in [0.29, 0.717) is 31.5 Å². The first-order chi connectivity index (χ1) is 13.5. The van der Waals surface area contributed by atoms with Gasteiger partial charge in [0.1, 0.15) is 16.4 Å². The number of halogens is 1. The van der Waals surface area contributed by atoms with E-state index in [1.807, 2.05) is 30.3 Å². The van der Waals surface area contributed by atoms with E-state index in [-0.39, 0.29) is 29.8 Å². The van der Waals surface area contributed by atoms with Gasteiger partial charge in [0.15, 0.2) is 0 Å². The van der Waals surface area contributed by atoms with E-state index in [0.717, 1.165) is 5.69 Å². The molecule has 1 atom stereocenters. The summed E-state index contributed by atoms with van der Waals surface area (Å²) in [4.78, 5) is 27.8. The average molecular weight is 400 g/mol. The Kier molecular flexibility index (Phi) is 5.02. The Morgan fingerprint density at radius 2 is 1.79 bits per heavy atom. The first kappa shape index (κ1) is 18.8. The lowest BCUT2D eigenvalue weighted by Gasteiger charge is -2.43. The molecule has 0 aliphatic carbocycles. The van der Waals surface area contributed by atoms with Crippen molar-refractivity contribution in [2.75, 3.05) is 23.7 Å². The molecule has 0 N–H and O–H groups in total. The second kappa shape index (κ2) is 7.47. The molecule has 2 amide bonds. The van der Waals surface area contributed by atoms with Crippen LogP contribution in [0.4, 0.5) is 10.1 Å². The smallest absolute Gasteiger partial charge is 0.240 e. The summed E-state index contributed by atoms with van der Waals surface area (Å²) in [6.07, 6.45) is 1.07. The van der Waals surface area contributed by atoms with Crippen LogP contribution in [0.25, 0.3) is 0 Å². The van der Waals surface area contributed by atoms with E-state index in [9.17, 15) is 18.2 Å². The predicted octanol–water partition coefficient (Wildman–Crippen LogP) is 2.48. The molecule has 2 aromatic rings. The summed E-state index contributed by atoms with van der Waals surface area (Å²) >= 11 is 0. The second-order valence-corrected chi connectivity index (χ2v) is 8.93. The van der Waals surface area contributed by atoms with Gasteiger partial charge in [0, 0.05) is 31.6 Å². The molecule has 2 fully saturated rings. The highest BCUT2D eigenvalue weighted by molar-refractivity contribution is 7.88. The lowest BCUT2D eigenvalue weighted by Crippen LogP contribution is -2.56. The van der Waals surface area contributed by atoms with E-state index in [1.54, 1.807) is 21.9 Å². The minimum Gasteiger partial charge on any atom is -0.342 e. The number of nitrogens with zero attached hydrogens (tertiary/aromatic N) is 2. The molecule has 2 heterocycles. The Labute approximate surface area is 165 Å². The van der Waals surface area contributed by atoms with Gasteiger partial charge in [-0.15, -0.1) is 0 Å². The van der Waals surface area contributed by atoms with Crippen molar-refractivity contribution in [1.82, 2.24) is 4.90 Å². The van der Waals surface area contributed by atoms with Crippen LogP contribution in [-0.2, 0) is 26.8 Å². The van der Waals surface area contributed by atoms with Crippen LogP contribution in [-0.4, -0.2) is 44.6 Å². The highest BCUT2D eigenvalue weighted by Gasteiger charge is 2.53. The van der Waals surface area contributed by atoms with Gasteiger partial charge in [-0.1, -0.05) is 30.3 Å². The molecule has 4 rings (SSSR count). The van der Waals surface area contributed by atoms with E-state index in [4.69, 9.17) is 0 Å². The average Bonchev–Trinajstić information content (AvgIpc) is 2.92. The standard InChI is InChI=1S/C21H21FN2O3S/c22-17-6-4-5-16(13-17)14-19(25)23-11-9-21(10-12-23)24(20(26)15-28(21)27)18-7-2-1-3-8-18/h1-8,13H,9-12,14-15H2. The van der Waals surface area contributed by atoms with Gasteiger partial charge in [-0.2, -0.15) is 0 Å². The van der Waals surface area contributed by atoms with E-state index >= 15 is 0 Å². The van der Waals surface area contributed by atoms with Crippen LogP contribution >= 0.6 is 0 Å². The molecule has 0 saturated carbocycles. The van der Waals surface area contributed by atoms with Crippen molar-refractivity contribution in [3.63, 3.8) is 0 Å². The summed E-state index contributed by atoms with van der Waals surface area (Å²) < 4.78 is 26.2. The van der Waals surface area contributed by atoms with Crippen LogP contribution in [0.2, 0.25) is 0 Å². The van der Waals surface area contributed by atoms with Gasteiger partial charge in [0.25, 0.3) is 0 Å². The van der Waals surface area contributed by atoms with Gasteiger partial charge >= 0.3 is 0 Å². The molecule has 146 valence electrons. The lowest BCUT2D eigenvalue weighted by atomic mass is 10.00. The quantitative estimate of drug-likeness (QED) is 0.795. The second-order valence-electron chi connectivity index (χ2n) is 7.19. The van der Waals surface area contributed by atoms with Crippen LogP contribution in [0.3, 0.4) is 0 Å². The number of carbonyl (C=O) groups is 2. The maximum atomic E-state index is 13.3. The number of carbonyl (C=O) groups excluding carboxylic acids is 2. The molecule has 2 aliphatic rings. The number of amides is 2. The summed E-state index contributed by atoms with van der Waals surface area (Å²) in [6, 6.07) is 15.3. The zero-order valence-corrected chi connectivity index (χ0v) is 16.2. The predicted molar refractivity (Wildman–Crippen MR) is 106 cm³/mol. The number of para-hydroxylation sites is 1. The molecule has 2 aliphatic heterocycles. The molecule has 2 saturated heterocycles. The first-order valence-corrected chi connectivity index (χ1v) is 10.6. The van der Waals surface area contributed by atoms with Crippen LogP contribution < -0.4 is 4.90 Å². The third kappa shape index (κ3) is 3.35. The number of anilines is 1. The molecule has 1 spiro atoms. The molecule has 0 bridgehead atoms. The number of piperidine rings is 1. The van der Waals surface area contributed by atoms with Crippen LogP contribution in [0, 0.1) is 5.82 Å². The summed E-state index contributed by atoms with van der Waals surface area (Å²) in [5.41, 5.74) is 1.38. The van der Waals surface area contributed by atoms with Gasteiger partial charge in [-0.25, -0.2) is 4.39 Å². The minimum atomic E-state index is -1.31. The maximum Gasteiger partial charge on any atom is 0.240 e. The SMILES string of the molecule is O=C(Cc1cccc(F)c1)N1CCC2(CC1)N(c1ccccc1)C(=O)CS2=O. The fourth-order valence-corrected chi connectivity index (χ4v) is 5.76. The Hall–Kier alpha value is -2.54. The molecule has 5 nitrogen and oxygen atoms in total. The van der Waals surface area contributed by atoms with Crippen molar-refractivity contribution in [3.8, 4) is 0 Å². The third-order valence-corrected chi connectivity index (χ3v) is 7.44. The van der Waals surface area contributed by atoms with E-state index in [2.05, 4.69) is 0 Å². The van der Waals surface area contributed by atoms with Gasteiger partial charge in [0.05, 0.1) is 17.2 Å². The first-order valence-electron chi connectivity index (χ1n) is 9.28. The number of hydrogen-bond acceptors (Lipinski definition) is 3. The van der Waals surface area contributed by atoms with Gasteiger partial charge in [-0.05, 0) is 29.8 Å². The highest BCUT2D eigenvalue weighted by Crippen LogP contribution is 2.40. The molecule has 2 aromatic carbocycles. The van der Waals surface area contributed by atoms with Crippen molar-refractivity contribution in [2.45, 2.75) is 24.1 Å². The van der Waals surface area contributed by atoms with Crippen molar-refractivity contribution in [1.29, 1.82) is 0 Å². The van der Waals surface area contributed by atoms with Gasteiger partial charge in [0.2, 0.25) is 11.8 Å². The zero-order chi connectivity index (χ0) is 19.7. The lowest BCUT2D eigenvalue weighted by molar-refractivity contribution is -0.131. The van der Waals surface area contributed by atoms with Crippen molar-refractivity contribution in [2.24, 2.45) is 0 Å². The number of rotatable bonds is 3. The molecule has 0 aromatic heterocycles. The summed E-state index contributed by atoms with van der Waals surface area (Å²) in [7, 11) is -1.31. The fourth-order valence-electron chi connectivity index (χ4n) is 4.09. The topological polar surface area (TPSA) is 57.7 Å². The summed E-state index contributed by atoms with van der Waals surface area (Å²) in [5, 5.41) is 0. The minimum absolute atomic E-state index is 0.0200. The van der Waals surface area contributed by atoms with Crippen molar-refractivity contribution < 1.29 is 18.2 Å². The van der Waals surface area contributed by atoms with Gasteiger partial charge in [-0.3, -0.25) is 18.7 Å². The van der Waals surface area contributed by atoms with Crippen molar-refractivity contribution >= 4 is 28.3 Å². The Morgan fingerprint density at radius 1 is 1.07 bits per heavy atom. The Balaban J connectivity index is 1.49. The zero-order valence-electron chi connectivity index (χ0n) is 15.3. The fraction of sp³-hybridized carbons (Fsp3) is 0.333. The van der Waals surface area contributed by atoms with Crippen LogP contribution in [0.5, 0.6) is 0 Å². The Bertz CT molecular complexity index is 926. The molecule has 0 radical (unpaired) electrons. The number of hydrogen-bond donors (Lipinski definition) is 0. The summed E-state index contributed by atoms with van der Waals surface area (Å²) in [5.74, 6) is -0.557. The molecular formula is C21H21FN2O3S. The molecular weight excluding hydrogens is 379 g/mol. The van der Waals surface area contributed by atoms with Crippen molar-refractivity contribution in [3.05, 3.63) is 66.0 Å². The largest absolute Gasteiger partial charge is 0.342 e. The van der Waals surface area contributed by atoms with Crippen LogP contribution in [0.15, 0.2) is 54.6 Å². The monoisotopic (exact) mass is 400 g/mol. The van der Waals surface area contributed by atoms with Crippen LogP contribution in [0.1, 0.15) is 18.4 Å². The molecule has 7 heteroatoms. The highest BCUT2D eigenvalue weighted by atomic mass is 32.2. The normalized spacial score (nSPS) is 21.3. The number of benzene rings is 2. The third-order valence-electron chi connectivity index (χ3n) is 5.49. The molecule has 28 heavy (non-hydrogen) atoms. The Morgan fingerprint density at radius 3 is 2.46 bits per heavy atom. The van der Waals surface area contributed by atoms with E-state index < -0.39 is 15.7 Å². The van der Waals surface area contributed by atoms with Gasteiger partial charge < -0.3 is 4.90 Å². The maximum absolute atomic E-state index is 13.3. The van der Waals surface area contributed by atoms with E-state index in [1.165, 1.54) is 12.1 Å².